The van der Waals surface area contributed by atoms with Gasteiger partial charge >= 0.3 is 23.9 Å². The van der Waals surface area contributed by atoms with Gasteiger partial charge in [-0.2, -0.15) is 0 Å². The molecular weight excluding hydrogens is 585 g/mol. The molecule has 0 saturated carbocycles. The fourth-order valence-corrected chi connectivity index (χ4v) is 7.95. The molecule has 0 unspecified atom stereocenters. The van der Waals surface area contributed by atoms with Crippen LogP contribution in [0.15, 0.2) is 72.8 Å². The number of aliphatic carboxylic acids is 2. The lowest BCUT2D eigenvalue weighted by Crippen LogP contribution is -1.99. The van der Waals surface area contributed by atoms with Crippen molar-refractivity contribution >= 4 is 57.9 Å². The van der Waals surface area contributed by atoms with Crippen LogP contribution in [0.1, 0.15) is 31.8 Å². The summed E-state index contributed by atoms with van der Waals surface area (Å²) in [7, 11) is 0. The Labute approximate surface area is 245 Å². The first-order valence-corrected chi connectivity index (χ1v) is 14.5. The second kappa shape index (κ2) is 11.5. The van der Waals surface area contributed by atoms with Gasteiger partial charge in [0.1, 0.15) is 0 Å². The van der Waals surface area contributed by atoms with Crippen LogP contribution in [0, 0.1) is 0 Å². The Morgan fingerprint density at radius 2 is 0.854 bits per heavy atom. The molecule has 0 aliphatic rings. The van der Waals surface area contributed by atoms with Gasteiger partial charge in [-0.1, -0.05) is 24.3 Å². The molecule has 5 aromatic rings. The van der Waals surface area contributed by atoms with Crippen molar-refractivity contribution in [2.24, 2.45) is 0 Å². The molecule has 3 heterocycles. The van der Waals surface area contributed by atoms with Gasteiger partial charge in [0, 0.05) is 29.3 Å². The molecule has 3 aromatic heterocycles. The van der Waals surface area contributed by atoms with Crippen molar-refractivity contribution in [2.75, 3.05) is 0 Å². The van der Waals surface area contributed by atoms with E-state index in [9.17, 15) is 39.6 Å². The molecule has 0 spiro atoms. The fourth-order valence-electron chi connectivity index (χ4n) is 4.28. The monoisotopic (exact) mass is 604 g/mol. The highest BCUT2D eigenvalue weighted by atomic mass is 32.1. The number of carbonyl (C=O) groups is 4. The van der Waals surface area contributed by atoms with Crippen LogP contribution in [0.5, 0.6) is 0 Å². The van der Waals surface area contributed by atoms with E-state index in [4.69, 9.17) is 0 Å². The van der Waals surface area contributed by atoms with E-state index in [1.807, 2.05) is 24.3 Å². The highest BCUT2D eigenvalue weighted by Gasteiger charge is 2.20. The van der Waals surface area contributed by atoms with E-state index in [-0.39, 0.29) is 24.0 Å². The van der Waals surface area contributed by atoms with Gasteiger partial charge in [-0.3, -0.25) is 9.59 Å². The Morgan fingerprint density at radius 1 is 0.488 bits per heavy atom. The lowest BCUT2D eigenvalue weighted by molar-refractivity contribution is -0.137. The largest absolute Gasteiger partial charge is 0.481 e. The number of carboxylic acid groups (broad SMARTS) is 4. The summed E-state index contributed by atoms with van der Waals surface area (Å²) in [5, 5.41) is 37.4. The van der Waals surface area contributed by atoms with Crippen LogP contribution in [-0.2, 0) is 22.4 Å². The molecule has 8 nitrogen and oxygen atoms in total. The van der Waals surface area contributed by atoms with Gasteiger partial charge in [0.15, 0.2) is 0 Å². The van der Waals surface area contributed by atoms with Crippen molar-refractivity contribution in [1.29, 1.82) is 0 Å². The topological polar surface area (TPSA) is 149 Å². The maximum absolute atomic E-state index is 11.6. The lowest BCUT2D eigenvalue weighted by Gasteiger charge is -2.00. The second-order valence-corrected chi connectivity index (χ2v) is 12.2. The Kier molecular flexibility index (Phi) is 7.84. The zero-order valence-electron chi connectivity index (χ0n) is 21.0. The number of thiophene rings is 3. The van der Waals surface area contributed by atoms with Crippen LogP contribution in [-0.4, -0.2) is 44.3 Å². The third-order valence-electron chi connectivity index (χ3n) is 6.19. The van der Waals surface area contributed by atoms with Gasteiger partial charge in [-0.25, -0.2) is 9.59 Å². The van der Waals surface area contributed by atoms with Crippen molar-refractivity contribution < 1.29 is 39.6 Å². The molecule has 11 heteroatoms. The van der Waals surface area contributed by atoms with Crippen LogP contribution in [0.25, 0.3) is 40.4 Å². The van der Waals surface area contributed by atoms with Crippen molar-refractivity contribution in [2.45, 2.75) is 12.8 Å². The highest BCUT2D eigenvalue weighted by molar-refractivity contribution is 7.28. The van der Waals surface area contributed by atoms with Crippen molar-refractivity contribution in [3.8, 4) is 40.4 Å². The van der Waals surface area contributed by atoms with Crippen molar-refractivity contribution in [3.05, 3.63) is 95.1 Å². The summed E-state index contributed by atoms with van der Waals surface area (Å²) in [6, 6.07) is 20.2. The molecule has 0 bridgehead atoms. The number of hydrogen-bond donors (Lipinski definition) is 4. The van der Waals surface area contributed by atoms with Gasteiger partial charge in [0.05, 0.1) is 24.0 Å². The Hall–Kier alpha value is -4.58. The van der Waals surface area contributed by atoms with Crippen LogP contribution in [0.2, 0.25) is 0 Å². The van der Waals surface area contributed by atoms with E-state index in [1.165, 1.54) is 58.3 Å². The van der Waals surface area contributed by atoms with E-state index >= 15 is 0 Å². The van der Waals surface area contributed by atoms with E-state index in [1.54, 1.807) is 24.3 Å². The van der Waals surface area contributed by atoms with Gasteiger partial charge in [0.25, 0.3) is 0 Å². The Bertz CT molecular complexity index is 1660. The third kappa shape index (κ3) is 6.12. The van der Waals surface area contributed by atoms with Gasteiger partial charge in [-0.15, -0.1) is 34.0 Å². The minimum Gasteiger partial charge on any atom is -0.481 e. The zero-order valence-corrected chi connectivity index (χ0v) is 23.4. The van der Waals surface area contributed by atoms with Gasteiger partial charge in [-0.05, 0) is 70.8 Å². The average Bonchev–Trinajstić information content (AvgIpc) is 3.67. The first-order valence-electron chi connectivity index (χ1n) is 12.1. The molecule has 5 rings (SSSR count). The molecule has 0 amide bonds. The fraction of sp³-hybridized carbons (Fsp3) is 0.0667. The zero-order chi connectivity index (χ0) is 29.3. The SMILES string of the molecule is O=C(O)Cc1cc(-c2ccc(C(=O)O)cc2)sc1-c1ccc(-c2sc(-c3ccc(C(=O)O)cc3)cc2CC(=O)O)s1. The smallest absolute Gasteiger partial charge is 0.335 e. The summed E-state index contributed by atoms with van der Waals surface area (Å²) in [6.07, 6.45) is -0.377. The molecule has 0 aliphatic carbocycles. The van der Waals surface area contributed by atoms with Crippen LogP contribution >= 0.6 is 34.0 Å². The molecule has 0 saturated heterocycles. The van der Waals surface area contributed by atoms with Crippen molar-refractivity contribution in [3.63, 3.8) is 0 Å². The maximum atomic E-state index is 11.6. The van der Waals surface area contributed by atoms with Crippen LogP contribution < -0.4 is 0 Å². The van der Waals surface area contributed by atoms with Crippen LogP contribution in [0.4, 0.5) is 0 Å². The number of rotatable bonds is 10. The van der Waals surface area contributed by atoms with E-state index < -0.39 is 23.9 Å². The number of benzene rings is 2. The Balaban J connectivity index is 1.53. The van der Waals surface area contributed by atoms with Gasteiger partial charge in [0.2, 0.25) is 0 Å². The van der Waals surface area contributed by atoms with E-state index in [0.717, 1.165) is 40.4 Å². The molecule has 0 fully saturated rings. The first-order chi connectivity index (χ1) is 19.6. The molecule has 0 atom stereocenters. The second-order valence-electron chi connectivity index (χ2n) is 9.00. The average molecular weight is 605 g/mol. The lowest BCUT2D eigenvalue weighted by atomic mass is 10.1. The third-order valence-corrected chi connectivity index (χ3v) is 10.1. The standard InChI is InChI=1S/C30H20O8S3/c31-25(32)13-19-11-23(15-1-5-17(6-2-15)29(35)36)40-27(19)21-9-10-22(39-21)28-20(14-26(33)34)12-24(41-28)16-3-7-18(8-4-16)30(37)38/h1-12H,13-14H2,(H,31,32)(H,33,34)(H,35,36)(H,37,38). The summed E-state index contributed by atoms with van der Waals surface area (Å²) >= 11 is 4.25. The number of hydrogen-bond acceptors (Lipinski definition) is 7. The first kappa shape index (κ1) is 28.0. The molecule has 2 aromatic carbocycles. The summed E-state index contributed by atoms with van der Waals surface area (Å²) in [6.45, 7) is 0. The highest BCUT2D eigenvalue weighted by Crippen LogP contribution is 2.46. The van der Waals surface area contributed by atoms with E-state index in [0.29, 0.717) is 11.1 Å². The van der Waals surface area contributed by atoms with Crippen LogP contribution in [0.3, 0.4) is 0 Å². The predicted molar refractivity (Wildman–Crippen MR) is 158 cm³/mol. The minimum absolute atomic E-state index is 0.157. The molecule has 0 radical (unpaired) electrons. The molecule has 0 aliphatic heterocycles. The minimum atomic E-state index is -1.03. The predicted octanol–water partition coefficient (Wildman–Crippen LogP) is 7.19. The summed E-state index contributed by atoms with van der Waals surface area (Å²) in [5.41, 5.74) is 3.12. The molecule has 206 valence electrons. The summed E-state index contributed by atoms with van der Waals surface area (Å²) < 4.78 is 0. The maximum Gasteiger partial charge on any atom is 0.335 e. The number of carboxylic acids is 4. The van der Waals surface area contributed by atoms with Crippen molar-refractivity contribution in [1.82, 2.24) is 0 Å². The Morgan fingerprint density at radius 3 is 1.17 bits per heavy atom. The summed E-state index contributed by atoms with van der Waals surface area (Å²) in [4.78, 5) is 50.6. The molecule has 4 N–H and O–H groups in total. The molecular formula is C30H20O8S3. The summed E-state index contributed by atoms with van der Waals surface area (Å²) in [5.74, 6) is -4.02. The molecule has 41 heavy (non-hydrogen) atoms. The van der Waals surface area contributed by atoms with Gasteiger partial charge < -0.3 is 20.4 Å². The quantitative estimate of drug-likeness (QED) is 0.131. The normalized spacial score (nSPS) is 10.9. The number of aromatic carboxylic acids is 2. The van der Waals surface area contributed by atoms with E-state index in [2.05, 4.69) is 0 Å².